The van der Waals surface area contributed by atoms with E-state index in [9.17, 15) is 13.2 Å². The summed E-state index contributed by atoms with van der Waals surface area (Å²) in [5, 5.41) is 2.52. The Labute approximate surface area is 102 Å². The number of hydrogen-bond acceptors (Lipinski definition) is 2. The molecule has 0 saturated heterocycles. The zero-order chi connectivity index (χ0) is 13.1. The van der Waals surface area contributed by atoms with Crippen molar-refractivity contribution in [3.05, 3.63) is 23.8 Å². The number of benzene rings is 1. The third-order valence-electron chi connectivity index (χ3n) is 1.79. The minimum absolute atomic E-state index is 0.0364. The number of hydrogen-bond donors (Lipinski definition) is 2. The van der Waals surface area contributed by atoms with Gasteiger partial charge in [-0.05, 0) is 36.8 Å². The molecule has 0 unspecified atom stereocenters. The lowest BCUT2D eigenvalue weighted by Gasteiger charge is -2.14. The Kier molecular flexibility index (Phi) is 4.17. The number of ether oxygens (including phenoxy) is 1. The molecule has 94 valence electrons. The number of halogens is 3. The minimum Gasteiger partial charge on any atom is -0.482 e. The second kappa shape index (κ2) is 5.22. The van der Waals surface area contributed by atoms with Crippen LogP contribution in [-0.4, -0.2) is 17.9 Å². The van der Waals surface area contributed by atoms with Crippen LogP contribution in [0.2, 0.25) is 0 Å². The maximum atomic E-state index is 12.0. The van der Waals surface area contributed by atoms with Gasteiger partial charge in [0.2, 0.25) is 0 Å². The molecule has 0 aromatic heterocycles. The van der Waals surface area contributed by atoms with Gasteiger partial charge in [-0.15, -0.1) is 0 Å². The lowest BCUT2D eigenvalue weighted by atomic mass is 10.2. The number of thiocarbonyl (C=S) groups is 1. The predicted molar refractivity (Wildman–Crippen MR) is 63.1 cm³/mol. The van der Waals surface area contributed by atoms with Crippen molar-refractivity contribution in [2.24, 2.45) is 5.73 Å². The highest BCUT2D eigenvalue weighted by Gasteiger charge is 2.28. The van der Waals surface area contributed by atoms with Gasteiger partial charge in [0.15, 0.2) is 11.7 Å². The number of nitrogens with one attached hydrogen (secondary N) is 1. The van der Waals surface area contributed by atoms with Gasteiger partial charge in [0, 0.05) is 0 Å². The Morgan fingerprint density at radius 3 is 2.65 bits per heavy atom. The van der Waals surface area contributed by atoms with Gasteiger partial charge in [-0.25, -0.2) is 0 Å². The van der Waals surface area contributed by atoms with Crippen molar-refractivity contribution >= 4 is 23.0 Å². The molecule has 1 aromatic carbocycles. The summed E-state index contributed by atoms with van der Waals surface area (Å²) in [6.45, 7) is 0.382. The number of nitrogens with two attached hydrogens (primary N) is 1. The lowest BCUT2D eigenvalue weighted by molar-refractivity contribution is -0.153. The summed E-state index contributed by atoms with van der Waals surface area (Å²) in [4.78, 5) is 0. The topological polar surface area (TPSA) is 47.3 Å². The van der Waals surface area contributed by atoms with E-state index in [1.54, 1.807) is 19.1 Å². The van der Waals surface area contributed by atoms with E-state index in [1.165, 1.54) is 6.07 Å². The first-order valence-corrected chi connectivity index (χ1v) is 5.05. The van der Waals surface area contributed by atoms with Gasteiger partial charge < -0.3 is 15.8 Å². The van der Waals surface area contributed by atoms with E-state index >= 15 is 0 Å². The van der Waals surface area contributed by atoms with Crippen molar-refractivity contribution in [3.63, 3.8) is 0 Å². The van der Waals surface area contributed by atoms with Crippen LogP contribution in [0.3, 0.4) is 0 Å². The van der Waals surface area contributed by atoms with Gasteiger partial charge in [-0.2, -0.15) is 13.2 Å². The van der Waals surface area contributed by atoms with Crippen molar-refractivity contribution < 1.29 is 17.9 Å². The molecule has 0 saturated carbocycles. The van der Waals surface area contributed by atoms with Gasteiger partial charge in [-0.3, -0.25) is 0 Å². The van der Waals surface area contributed by atoms with Crippen LogP contribution in [-0.2, 0) is 0 Å². The highest BCUT2D eigenvalue weighted by molar-refractivity contribution is 7.80. The molecule has 3 N–H and O–H groups in total. The Morgan fingerprint density at radius 2 is 2.12 bits per heavy atom. The van der Waals surface area contributed by atoms with E-state index in [4.69, 9.17) is 5.73 Å². The summed E-state index contributed by atoms with van der Waals surface area (Å²) in [6.07, 6.45) is -4.38. The first-order chi connectivity index (χ1) is 7.78. The average molecular weight is 264 g/mol. The summed E-state index contributed by atoms with van der Waals surface area (Å²) in [7, 11) is 0. The standard InChI is InChI=1S/C10H11F3N2OS/c1-6-2-3-7(15-9(14)17)8(4-6)16-5-10(11,12)13/h2-4H,5H2,1H3,(H3,14,15,17). The second-order valence-electron chi connectivity index (χ2n) is 3.39. The minimum atomic E-state index is -4.38. The smallest absolute Gasteiger partial charge is 0.422 e. The van der Waals surface area contributed by atoms with E-state index in [0.29, 0.717) is 5.69 Å². The van der Waals surface area contributed by atoms with Crippen molar-refractivity contribution in [1.29, 1.82) is 0 Å². The summed E-state index contributed by atoms with van der Waals surface area (Å²) in [5.41, 5.74) is 6.34. The third kappa shape index (κ3) is 4.90. The molecule has 0 heterocycles. The number of aryl methyl sites for hydroxylation is 1. The molecule has 1 aromatic rings. The molecular weight excluding hydrogens is 253 g/mol. The van der Waals surface area contributed by atoms with Gasteiger partial charge in [-0.1, -0.05) is 6.07 Å². The van der Waals surface area contributed by atoms with Gasteiger partial charge in [0.1, 0.15) is 5.75 Å². The number of anilines is 1. The molecule has 0 spiro atoms. The van der Waals surface area contributed by atoms with Crippen molar-refractivity contribution in [2.45, 2.75) is 13.1 Å². The van der Waals surface area contributed by atoms with Crippen LogP contribution in [0.15, 0.2) is 18.2 Å². The summed E-state index contributed by atoms with van der Waals surface area (Å²) in [6, 6.07) is 4.74. The third-order valence-corrected chi connectivity index (χ3v) is 1.89. The van der Waals surface area contributed by atoms with Gasteiger partial charge >= 0.3 is 6.18 Å². The van der Waals surface area contributed by atoms with Crippen LogP contribution in [0.25, 0.3) is 0 Å². The Morgan fingerprint density at radius 1 is 1.47 bits per heavy atom. The van der Waals surface area contributed by atoms with Crippen molar-refractivity contribution in [3.8, 4) is 5.75 Å². The van der Waals surface area contributed by atoms with E-state index in [2.05, 4.69) is 22.3 Å². The SMILES string of the molecule is Cc1ccc(NC(N)=S)c(OCC(F)(F)F)c1. The molecule has 0 atom stereocenters. The van der Waals surface area contributed by atoms with E-state index in [1.807, 2.05) is 0 Å². The molecule has 0 bridgehead atoms. The van der Waals surface area contributed by atoms with Crippen LogP contribution in [0.5, 0.6) is 5.75 Å². The van der Waals surface area contributed by atoms with Crippen LogP contribution in [0, 0.1) is 6.92 Å². The fourth-order valence-electron chi connectivity index (χ4n) is 1.14. The van der Waals surface area contributed by atoms with Crippen LogP contribution < -0.4 is 15.8 Å². The zero-order valence-corrected chi connectivity index (χ0v) is 9.78. The highest BCUT2D eigenvalue weighted by atomic mass is 32.1. The van der Waals surface area contributed by atoms with E-state index < -0.39 is 12.8 Å². The molecule has 0 fully saturated rings. The van der Waals surface area contributed by atoms with Crippen LogP contribution in [0.1, 0.15) is 5.56 Å². The normalized spacial score (nSPS) is 11.1. The first kappa shape index (κ1) is 13.6. The molecule has 1 rings (SSSR count). The van der Waals surface area contributed by atoms with Crippen LogP contribution >= 0.6 is 12.2 Å². The van der Waals surface area contributed by atoms with E-state index in [-0.39, 0.29) is 10.9 Å². The number of alkyl halides is 3. The maximum Gasteiger partial charge on any atom is 0.422 e. The van der Waals surface area contributed by atoms with Crippen LogP contribution in [0.4, 0.5) is 18.9 Å². The fourth-order valence-corrected chi connectivity index (χ4v) is 1.25. The Balaban J connectivity index is 2.87. The molecule has 7 heteroatoms. The molecule has 0 aliphatic rings. The summed E-state index contributed by atoms with van der Waals surface area (Å²) >= 11 is 4.62. The Bertz CT molecular complexity index is 421. The number of rotatable bonds is 3. The zero-order valence-electron chi connectivity index (χ0n) is 8.97. The monoisotopic (exact) mass is 264 g/mol. The fraction of sp³-hybridized carbons (Fsp3) is 0.300. The van der Waals surface area contributed by atoms with Gasteiger partial charge in [0.25, 0.3) is 0 Å². The summed E-state index contributed by atoms with van der Waals surface area (Å²) < 4.78 is 40.8. The largest absolute Gasteiger partial charge is 0.482 e. The van der Waals surface area contributed by atoms with Crippen molar-refractivity contribution in [2.75, 3.05) is 11.9 Å². The maximum absolute atomic E-state index is 12.0. The molecule has 17 heavy (non-hydrogen) atoms. The highest BCUT2D eigenvalue weighted by Crippen LogP contribution is 2.27. The molecular formula is C10H11F3N2OS. The molecule has 0 radical (unpaired) electrons. The van der Waals surface area contributed by atoms with Gasteiger partial charge in [0.05, 0.1) is 5.69 Å². The van der Waals surface area contributed by atoms with Crippen molar-refractivity contribution in [1.82, 2.24) is 0 Å². The average Bonchev–Trinajstić information content (AvgIpc) is 2.16. The predicted octanol–water partition coefficient (Wildman–Crippen LogP) is 2.59. The quantitative estimate of drug-likeness (QED) is 0.824. The molecule has 0 aliphatic heterocycles. The van der Waals surface area contributed by atoms with E-state index in [0.717, 1.165) is 5.56 Å². The summed E-state index contributed by atoms with van der Waals surface area (Å²) in [5.74, 6) is 0.0649. The lowest BCUT2D eigenvalue weighted by Crippen LogP contribution is -2.22. The second-order valence-corrected chi connectivity index (χ2v) is 3.83. The first-order valence-electron chi connectivity index (χ1n) is 4.64. The Hall–Kier alpha value is -1.50. The molecule has 0 amide bonds. The molecule has 3 nitrogen and oxygen atoms in total. The molecule has 0 aliphatic carbocycles.